The topological polar surface area (TPSA) is 89.5 Å². The average molecular weight is 408 g/mol. The van der Waals surface area contributed by atoms with E-state index >= 15 is 0 Å². The number of ether oxygens (including phenoxy) is 1. The molecular formula is C15H15ClFNO5S2. The number of hydrogen-bond donors (Lipinski definition) is 1. The summed E-state index contributed by atoms with van der Waals surface area (Å²) in [4.78, 5) is 23.4. The molecule has 0 bridgehead atoms. The molecule has 1 atom stereocenters. The van der Waals surface area contributed by atoms with E-state index in [-0.39, 0.29) is 15.0 Å². The van der Waals surface area contributed by atoms with Crippen molar-refractivity contribution in [3.05, 3.63) is 29.0 Å². The molecule has 25 heavy (non-hydrogen) atoms. The highest BCUT2D eigenvalue weighted by Gasteiger charge is 2.27. The Balaban J connectivity index is 1.94. The third-order valence-electron chi connectivity index (χ3n) is 3.48. The van der Waals surface area contributed by atoms with E-state index in [1.165, 1.54) is 0 Å². The molecule has 0 aliphatic carbocycles. The second kappa shape index (κ2) is 8.31. The van der Waals surface area contributed by atoms with Crippen molar-refractivity contribution in [3.8, 4) is 0 Å². The Hall–Kier alpha value is -1.42. The SMILES string of the molecule is O=C(CC(=S)OC(=O)C1CCCN1)CS(=O)(=O)c1ccc(F)cc1Cl. The smallest absolute Gasteiger partial charge is 0.329 e. The van der Waals surface area contributed by atoms with Crippen LogP contribution in [-0.4, -0.2) is 43.6 Å². The number of halogens is 2. The molecule has 0 saturated carbocycles. The Labute approximate surface area is 154 Å². The lowest BCUT2D eigenvalue weighted by Gasteiger charge is -2.10. The molecule has 136 valence electrons. The minimum atomic E-state index is -4.06. The lowest BCUT2D eigenvalue weighted by molar-refractivity contribution is -0.137. The monoisotopic (exact) mass is 407 g/mol. The van der Waals surface area contributed by atoms with Gasteiger partial charge in [-0.25, -0.2) is 17.6 Å². The van der Waals surface area contributed by atoms with Crippen LogP contribution >= 0.6 is 23.8 Å². The van der Waals surface area contributed by atoms with Gasteiger partial charge < -0.3 is 10.1 Å². The van der Waals surface area contributed by atoms with Gasteiger partial charge in [-0.1, -0.05) is 11.6 Å². The van der Waals surface area contributed by atoms with Gasteiger partial charge in [0.2, 0.25) is 0 Å². The fourth-order valence-electron chi connectivity index (χ4n) is 2.33. The van der Waals surface area contributed by atoms with E-state index in [9.17, 15) is 22.4 Å². The number of carbonyl (C=O) groups is 2. The fourth-order valence-corrected chi connectivity index (χ4v) is 4.41. The van der Waals surface area contributed by atoms with Crippen LogP contribution in [0.15, 0.2) is 23.1 Å². The van der Waals surface area contributed by atoms with E-state index in [1.54, 1.807) is 0 Å². The molecule has 1 unspecified atom stereocenters. The van der Waals surface area contributed by atoms with Crippen molar-refractivity contribution in [1.29, 1.82) is 0 Å². The van der Waals surface area contributed by atoms with Gasteiger partial charge in [-0.15, -0.1) is 0 Å². The molecule has 6 nitrogen and oxygen atoms in total. The van der Waals surface area contributed by atoms with Crippen molar-refractivity contribution in [2.75, 3.05) is 12.3 Å². The van der Waals surface area contributed by atoms with Crippen LogP contribution in [0.1, 0.15) is 19.3 Å². The van der Waals surface area contributed by atoms with Gasteiger partial charge in [0, 0.05) is 0 Å². The first-order valence-electron chi connectivity index (χ1n) is 7.36. The molecule has 0 aromatic heterocycles. The molecule has 0 amide bonds. The Morgan fingerprint density at radius 1 is 1.40 bits per heavy atom. The fraction of sp³-hybridized carbons (Fsp3) is 0.400. The van der Waals surface area contributed by atoms with Gasteiger partial charge in [0.15, 0.2) is 20.7 Å². The van der Waals surface area contributed by atoms with Gasteiger partial charge in [0.25, 0.3) is 0 Å². The second-order valence-electron chi connectivity index (χ2n) is 5.49. The summed E-state index contributed by atoms with van der Waals surface area (Å²) in [6.07, 6.45) is 0.959. The minimum absolute atomic E-state index is 0.288. The lowest BCUT2D eigenvalue weighted by atomic mass is 10.2. The van der Waals surface area contributed by atoms with Gasteiger partial charge in [0.05, 0.1) is 16.3 Å². The number of rotatable bonds is 6. The number of Topliss-reactive ketones (excluding diaryl/α,β-unsaturated/α-hetero) is 1. The number of carbonyl (C=O) groups excluding carboxylic acids is 2. The number of nitrogens with one attached hydrogen (secondary N) is 1. The highest BCUT2D eigenvalue weighted by Crippen LogP contribution is 2.23. The van der Waals surface area contributed by atoms with Crippen LogP contribution in [-0.2, 0) is 24.2 Å². The first-order valence-corrected chi connectivity index (χ1v) is 9.80. The number of hydrogen-bond acceptors (Lipinski definition) is 7. The molecule has 1 aromatic carbocycles. The molecule has 0 spiro atoms. The third kappa shape index (κ3) is 5.53. The highest BCUT2D eigenvalue weighted by molar-refractivity contribution is 7.92. The maximum Gasteiger partial charge on any atom is 0.329 e. The first-order chi connectivity index (χ1) is 11.7. The van der Waals surface area contributed by atoms with Gasteiger partial charge in [-0.05, 0) is 49.8 Å². The molecule has 1 fully saturated rings. The summed E-state index contributed by atoms with van der Waals surface area (Å²) in [7, 11) is -4.06. The Kier molecular flexibility index (Phi) is 6.61. The van der Waals surface area contributed by atoms with E-state index < -0.39 is 45.6 Å². The third-order valence-corrected chi connectivity index (χ3v) is 5.86. The van der Waals surface area contributed by atoms with Crippen molar-refractivity contribution in [2.24, 2.45) is 0 Å². The summed E-state index contributed by atoms with van der Waals surface area (Å²) in [5.74, 6) is -2.90. The summed E-state index contributed by atoms with van der Waals surface area (Å²) >= 11 is 10.5. The maximum absolute atomic E-state index is 13.0. The zero-order valence-electron chi connectivity index (χ0n) is 13.0. The Morgan fingerprint density at radius 2 is 2.12 bits per heavy atom. The average Bonchev–Trinajstić information content (AvgIpc) is 2.99. The van der Waals surface area contributed by atoms with Crippen LogP contribution in [0.25, 0.3) is 0 Å². The van der Waals surface area contributed by atoms with Crippen molar-refractivity contribution >= 4 is 50.5 Å². The summed E-state index contributed by atoms with van der Waals surface area (Å²) in [5, 5.41) is 2.33. The number of ketones is 1. The van der Waals surface area contributed by atoms with Gasteiger partial charge >= 0.3 is 5.97 Å². The van der Waals surface area contributed by atoms with Crippen molar-refractivity contribution in [1.82, 2.24) is 5.32 Å². The maximum atomic E-state index is 13.0. The van der Waals surface area contributed by atoms with E-state index in [0.717, 1.165) is 24.6 Å². The van der Waals surface area contributed by atoms with Crippen LogP contribution in [0.3, 0.4) is 0 Å². The number of esters is 1. The van der Waals surface area contributed by atoms with Crippen LogP contribution in [0.5, 0.6) is 0 Å². The van der Waals surface area contributed by atoms with E-state index in [4.69, 9.17) is 28.6 Å². The molecule has 1 aliphatic heterocycles. The molecule has 10 heteroatoms. The van der Waals surface area contributed by atoms with Crippen molar-refractivity contribution in [3.63, 3.8) is 0 Å². The zero-order chi connectivity index (χ0) is 18.6. The number of benzene rings is 1. The van der Waals surface area contributed by atoms with Crippen LogP contribution < -0.4 is 5.32 Å². The molecule has 1 N–H and O–H groups in total. The molecule has 1 aromatic rings. The van der Waals surface area contributed by atoms with Crippen molar-refractivity contribution < 1.29 is 27.1 Å². The molecular weight excluding hydrogens is 393 g/mol. The summed E-state index contributed by atoms with van der Waals surface area (Å²) in [6.45, 7) is 0.697. The van der Waals surface area contributed by atoms with Gasteiger partial charge in [0.1, 0.15) is 17.6 Å². The van der Waals surface area contributed by atoms with Crippen LogP contribution in [0.2, 0.25) is 5.02 Å². The minimum Gasteiger partial charge on any atom is -0.418 e. The van der Waals surface area contributed by atoms with Gasteiger partial charge in [-0.2, -0.15) is 0 Å². The van der Waals surface area contributed by atoms with E-state index in [0.29, 0.717) is 13.0 Å². The number of sulfone groups is 1. The predicted octanol–water partition coefficient (Wildman–Crippen LogP) is 1.83. The molecule has 0 radical (unpaired) electrons. The van der Waals surface area contributed by atoms with Crippen LogP contribution in [0.4, 0.5) is 4.39 Å². The summed E-state index contributed by atoms with van der Waals surface area (Å²) in [6, 6.07) is 2.31. The molecule has 1 heterocycles. The second-order valence-corrected chi connectivity index (χ2v) is 8.31. The lowest BCUT2D eigenvalue weighted by Crippen LogP contribution is -2.34. The predicted molar refractivity (Wildman–Crippen MR) is 92.8 cm³/mol. The molecule has 1 saturated heterocycles. The van der Waals surface area contributed by atoms with Crippen molar-refractivity contribution in [2.45, 2.75) is 30.2 Å². The Morgan fingerprint density at radius 3 is 2.72 bits per heavy atom. The highest BCUT2D eigenvalue weighted by atomic mass is 35.5. The largest absolute Gasteiger partial charge is 0.418 e. The standard InChI is InChI=1S/C15H15ClFNO5S2/c16-11-6-9(17)3-4-13(11)25(21,22)8-10(19)7-14(24)23-15(20)12-2-1-5-18-12/h3-4,6,12,18H,1-2,5,7-8H2. The summed E-state index contributed by atoms with van der Waals surface area (Å²) < 4.78 is 42.3. The number of thiocarbonyl (C=S) groups is 1. The van der Waals surface area contributed by atoms with Crippen LogP contribution in [0, 0.1) is 5.82 Å². The normalized spacial score (nSPS) is 17.3. The molecule has 1 aliphatic rings. The quantitative estimate of drug-likeness (QED) is 0.437. The Bertz CT molecular complexity index is 806. The van der Waals surface area contributed by atoms with E-state index in [1.807, 2.05) is 0 Å². The van der Waals surface area contributed by atoms with Gasteiger partial charge in [-0.3, -0.25) is 4.79 Å². The molecule has 2 rings (SSSR count). The zero-order valence-corrected chi connectivity index (χ0v) is 15.3. The van der Waals surface area contributed by atoms with E-state index in [2.05, 4.69) is 5.32 Å². The summed E-state index contributed by atoms with van der Waals surface area (Å²) in [5.41, 5.74) is 0. The first kappa shape index (κ1) is 19.9.